The van der Waals surface area contributed by atoms with Crippen molar-refractivity contribution in [3.8, 4) is 0 Å². The van der Waals surface area contributed by atoms with Gasteiger partial charge in [-0.1, -0.05) is 36.4 Å². The number of rotatable bonds is 3. The van der Waals surface area contributed by atoms with E-state index in [0.717, 1.165) is 10.8 Å². The molecule has 1 N–H and O–H groups in total. The van der Waals surface area contributed by atoms with Crippen molar-refractivity contribution in [3.63, 3.8) is 0 Å². The average molecular weight is 243 g/mol. The van der Waals surface area contributed by atoms with E-state index in [1.165, 1.54) is 7.05 Å². The van der Waals surface area contributed by atoms with Crippen LogP contribution in [0.3, 0.4) is 0 Å². The normalized spacial score (nSPS) is 10.1. The van der Waals surface area contributed by atoms with Crippen LogP contribution in [0.5, 0.6) is 0 Å². The third-order valence-electron chi connectivity index (χ3n) is 2.62. The van der Waals surface area contributed by atoms with Gasteiger partial charge in [-0.05, 0) is 16.8 Å². The van der Waals surface area contributed by atoms with Crippen molar-refractivity contribution in [2.45, 2.75) is 0 Å². The lowest BCUT2D eigenvalue weighted by atomic mass is 10.1. The van der Waals surface area contributed by atoms with Gasteiger partial charge in [0.25, 0.3) is 5.91 Å². The minimum atomic E-state index is -0.490. The first-order chi connectivity index (χ1) is 8.72. The Morgan fingerprint density at radius 2 is 1.83 bits per heavy atom. The zero-order chi connectivity index (χ0) is 13.0. The van der Waals surface area contributed by atoms with Crippen LogP contribution in [0.25, 0.3) is 10.8 Å². The van der Waals surface area contributed by atoms with Crippen LogP contribution in [-0.4, -0.2) is 25.5 Å². The third-order valence-corrected chi connectivity index (χ3v) is 2.62. The predicted octanol–water partition coefficient (Wildman–Crippen LogP) is 1.74. The second kappa shape index (κ2) is 5.31. The van der Waals surface area contributed by atoms with Gasteiger partial charge in [-0.2, -0.15) is 0 Å². The molecule has 0 atom stereocenters. The van der Waals surface area contributed by atoms with Crippen molar-refractivity contribution in [1.29, 1.82) is 0 Å². The number of carbonyl (C=O) groups excluding carboxylic acids is 2. The Kier molecular flexibility index (Phi) is 3.57. The molecule has 92 valence electrons. The Labute approximate surface area is 105 Å². The molecular formula is C14H13NO3. The molecule has 0 radical (unpaired) electrons. The summed E-state index contributed by atoms with van der Waals surface area (Å²) < 4.78 is 4.94. The molecule has 0 unspecified atom stereocenters. The molecule has 2 aromatic carbocycles. The molecule has 0 saturated carbocycles. The standard InChI is InChI=1S/C14H13NO3/c1-15-13(16)9-18-14(17)12-8-4-6-10-5-2-3-7-11(10)12/h2-8H,9H2,1H3,(H,15,16). The summed E-state index contributed by atoms with van der Waals surface area (Å²) in [5.74, 6) is -0.820. The Morgan fingerprint density at radius 3 is 2.61 bits per heavy atom. The van der Waals surface area contributed by atoms with E-state index in [1.54, 1.807) is 12.1 Å². The van der Waals surface area contributed by atoms with Crippen molar-refractivity contribution in [1.82, 2.24) is 5.32 Å². The van der Waals surface area contributed by atoms with Crippen LogP contribution in [0.2, 0.25) is 0 Å². The van der Waals surface area contributed by atoms with Crippen molar-refractivity contribution >= 4 is 22.6 Å². The Bertz CT molecular complexity index is 587. The molecular weight excluding hydrogens is 230 g/mol. The molecule has 2 rings (SSSR count). The Balaban J connectivity index is 2.25. The van der Waals surface area contributed by atoms with E-state index in [1.807, 2.05) is 30.3 Å². The number of esters is 1. The highest BCUT2D eigenvalue weighted by Gasteiger charge is 2.12. The maximum Gasteiger partial charge on any atom is 0.339 e. The Morgan fingerprint density at radius 1 is 1.11 bits per heavy atom. The van der Waals surface area contributed by atoms with Crippen LogP contribution >= 0.6 is 0 Å². The SMILES string of the molecule is CNC(=O)COC(=O)c1cccc2ccccc12. The summed E-state index contributed by atoms with van der Waals surface area (Å²) in [6.07, 6.45) is 0. The number of hydrogen-bond donors (Lipinski definition) is 1. The minimum Gasteiger partial charge on any atom is -0.452 e. The molecule has 0 bridgehead atoms. The van der Waals surface area contributed by atoms with Crippen LogP contribution < -0.4 is 5.32 Å². The number of benzene rings is 2. The molecule has 2 aromatic rings. The minimum absolute atomic E-state index is 0.265. The predicted molar refractivity (Wildman–Crippen MR) is 68.3 cm³/mol. The maximum atomic E-state index is 11.9. The van der Waals surface area contributed by atoms with Crippen molar-refractivity contribution in [2.24, 2.45) is 0 Å². The molecule has 4 heteroatoms. The van der Waals surface area contributed by atoms with Gasteiger partial charge in [0, 0.05) is 7.05 Å². The average Bonchev–Trinajstić information content (AvgIpc) is 2.43. The molecule has 1 amide bonds. The van der Waals surface area contributed by atoms with Gasteiger partial charge in [-0.25, -0.2) is 4.79 Å². The highest BCUT2D eigenvalue weighted by Crippen LogP contribution is 2.19. The van der Waals surface area contributed by atoms with E-state index in [-0.39, 0.29) is 12.5 Å². The first-order valence-electron chi connectivity index (χ1n) is 5.58. The molecule has 0 spiro atoms. The maximum absolute atomic E-state index is 11.9. The number of carbonyl (C=O) groups is 2. The summed E-state index contributed by atoms with van der Waals surface area (Å²) in [5, 5.41) is 4.18. The second-order valence-electron chi connectivity index (χ2n) is 3.78. The summed E-state index contributed by atoms with van der Waals surface area (Å²) in [4.78, 5) is 22.9. The zero-order valence-electron chi connectivity index (χ0n) is 9.97. The van der Waals surface area contributed by atoms with Gasteiger partial charge in [0.05, 0.1) is 5.56 Å². The molecule has 0 saturated heterocycles. The van der Waals surface area contributed by atoms with Gasteiger partial charge in [-0.15, -0.1) is 0 Å². The fraction of sp³-hybridized carbons (Fsp3) is 0.143. The van der Waals surface area contributed by atoms with E-state index in [0.29, 0.717) is 5.56 Å². The van der Waals surface area contributed by atoms with Crippen LogP contribution in [0.15, 0.2) is 42.5 Å². The quantitative estimate of drug-likeness (QED) is 0.835. The third kappa shape index (κ3) is 2.48. The van der Waals surface area contributed by atoms with E-state index in [9.17, 15) is 9.59 Å². The lowest BCUT2D eigenvalue weighted by Crippen LogP contribution is -2.25. The number of nitrogens with one attached hydrogen (secondary N) is 1. The fourth-order valence-electron chi connectivity index (χ4n) is 1.68. The lowest BCUT2D eigenvalue weighted by Gasteiger charge is -2.06. The van der Waals surface area contributed by atoms with Gasteiger partial charge < -0.3 is 10.1 Å². The first-order valence-corrected chi connectivity index (χ1v) is 5.58. The van der Waals surface area contributed by atoms with Crippen molar-refractivity contribution < 1.29 is 14.3 Å². The van der Waals surface area contributed by atoms with Crippen LogP contribution in [0, 0.1) is 0 Å². The van der Waals surface area contributed by atoms with Gasteiger partial charge in [0.2, 0.25) is 0 Å². The van der Waals surface area contributed by atoms with E-state index < -0.39 is 5.97 Å². The fourth-order valence-corrected chi connectivity index (χ4v) is 1.68. The summed E-state index contributed by atoms with van der Waals surface area (Å²) in [5.41, 5.74) is 0.469. The van der Waals surface area contributed by atoms with Gasteiger partial charge in [-0.3, -0.25) is 4.79 Å². The van der Waals surface area contributed by atoms with Crippen LogP contribution in [0.1, 0.15) is 10.4 Å². The molecule has 0 aromatic heterocycles. The topological polar surface area (TPSA) is 55.4 Å². The molecule has 0 aliphatic rings. The molecule has 18 heavy (non-hydrogen) atoms. The number of hydrogen-bond acceptors (Lipinski definition) is 3. The highest BCUT2D eigenvalue weighted by molar-refractivity contribution is 6.04. The van der Waals surface area contributed by atoms with Crippen molar-refractivity contribution in [3.05, 3.63) is 48.0 Å². The monoisotopic (exact) mass is 243 g/mol. The summed E-state index contributed by atoms with van der Waals surface area (Å²) in [6.45, 7) is -0.265. The largest absolute Gasteiger partial charge is 0.452 e. The number of likely N-dealkylation sites (N-methyl/N-ethyl adjacent to an activating group) is 1. The van der Waals surface area contributed by atoms with E-state index in [2.05, 4.69) is 5.32 Å². The van der Waals surface area contributed by atoms with Gasteiger partial charge in [0.1, 0.15) is 0 Å². The first kappa shape index (κ1) is 12.1. The molecule has 0 fully saturated rings. The Hall–Kier alpha value is -2.36. The lowest BCUT2D eigenvalue weighted by molar-refractivity contribution is -0.123. The molecule has 4 nitrogen and oxygen atoms in total. The number of fused-ring (bicyclic) bond motifs is 1. The van der Waals surface area contributed by atoms with E-state index >= 15 is 0 Å². The van der Waals surface area contributed by atoms with Gasteiger partial charge in [0.15, 0.2) is 6.61 Å². The van der Waals surface area contributed by atoms with Crippen LogP contribution in [0.4, 0.5) is 0 Å². The highest BCUT2D eigenvalue weighted by atomic mass is 16.5. The molecule has 0 aliphatic heterocycles. The summed E-state index contributed by atoms with van der Waals surface area (Å²) in [7, 11) is 1.49. The van der Waals surface area contributed by atoms with E-state index in [4.69, 9.17) is 4.74 Å². The number of amides is 1. The smallest absolute Gasteiger partial charge is 0.339 e. The van der Waals surface area contributed by atoms with Crippen LogP contribution in [-0.2, 0) is 9.53 Å². The zero-order valence-corrected chi connectivity index (χ0v) is 9.97. The van der Waals surface area contributed by atoms with Crippen molar-refractivity contribution in [2.75, 3.05) is 13.7 Å². The summed E-state index contributed by atoms with van der Waals surface area (Å²) >= 11 is 0. The number of ether oxygens (including phenoxy) is 1. The molecule has 0 aliphatic carbocycles. The summed E-state index contributed by atoms with van der Waals surface area (Å²) in [6, 6.07) is 12.9. The second-order valence-corrected chi connectivity index (χ2v) is 3.78. The van der Waals surface area contributed by atoms with Gasteiger partial charge >= 0.3 is 5.97 Å². The molecule has 0 heterocycles.